The molecular formula is C10H16N5NaO3. The van der Waals surface area contributed by atoms with Crippen LogP contribution in [-0.4, -0.2) is 45.2 Å². The van der Waals surface area contributed by atoms with Gasteiger partial charge in [0.2, 0.25) is 0 Å². The van der Waals surface area contributed by atoms with Gasteiger partial charge in [-0.15, -0.1) is 0 Å². The number of carbonyl (C=O) groups excluding carboxylic acids is 1. The molecule has 1 atom stereocenters. The summed E-state index contributed by atoms with van der Waals surface area (Å²) < 4.78 is 1.74. The van der Waals surface area contributed by atoms with Gasteiger partial charge in [-0.3, -0.25) is 0 Å². The van der Waals surface area contributed by atoms with Gasteiger partial charge < -0.3 is 35.9 Å². The first kappa shape index (κ1) is 16.4. The fourth-order valence-electron chi connectivity index (χ4n) is 1.78. The molecule has 19 heavy (non-hydrogen) atoms. The quantitative estimate of drug-likeness (QED) is 0.407. The number of amides is 1. The largest absolute Gasteiger partial charge is 1.00 e. The number of fused-ring (bicyclic) bond motifs is 1. The van der Waals surface area contributed by atoms with E-state index in [1.807, 2.05) is 0 Å². The first-order chi connectivity index (χ1) is 8.65. The third-order valence-electron chi connectivity index (χ3n) is 2.88. The number of aromatic nitrogens is 2. The number of aliphatic hydroxyl groups excluding tert-OH is 2. The molecule has 5 N–H and O–H groups in total. The number of hydrogen-bond acceptors (Lipinski definition) is 6. The van der Waals surface area contributed by atoms with Gasteiger partial charge in [0.15, 0.2) is 0 Å². The van der Waals surface area contributed by atoms with Gasteiger partial charge in [0.25, 0.3) is 0 Å². The predicted molar refractivity (Wildman–Crippen MR) is 63.8 cm³/mol. The Morgan fingerprint density at radius 1 is 1.53 bits per heavy atom. The van der Waals surface area contributed by atoms with Gasteiger partial charge >= 0.3 is 29.6 Å². The van der Waals surface area contributed by atoms with Gasteiger partial charge in [-0.25, -0.2) is 4.98 Å². The van der Waals surface area contributed by atoms with Crippen molar-refractivity contribution >= 4 is 11.7 Å². The molecule has 1 aromatic rings. The minimum atomic E-state index is -0.757. The summed E-state index contributed by atoms with van der Waals surface area (Å²) in [6.07, 6.45) is 1.35. The molecule has 1 aliphatic heterocycles. The average Bonchev–Trinajstić information content (AvgIpc) is 2.74. The number of nitrogens with zero attached hydrogens (tertiary/aromatic N) is 3. The van der Waals surface area contributed by atoms with Crippen LogP contribution in [0.2, 0.25) is 0 Å². The second-order valence-electron chi connectivity index (χ2n) is 4.18. The Morgan fingerprint density at radius 3 is 2.84 bits per heavy atom. The number of imidazole rings is 1. The van der Waals surface area contributed by atoms with E-state index in [4.69, 9.17) is 15.9 Å². The smallest absolute Gasteiger partial charge is 0.617 e. The standard InChI is InChI=1S/C10H17N5O3.Na/c11-10-13-8-7(9(18)14-10)12-5-15(8)2-1-6(3-16)4-17;/h5-6,10,16-17H,1-4,11H2,(H2,13,14,18);/q;+1/p-1. The first-order valence-corrected chi connectivity index (χ1v) is 5.69. The second kappa shape index (κ2) is 7.22. The summed E-state index contributed by atoms with van der Waals surface area (Å²) in [5.41, 5.74) is 5.81. The second-order valence-corrected chi connectivity index (χ2v) is 4.18. The van der Waals surface area contributed by atoms with Gasteiger partial charge in [0.1, 0.15) is 17.4 Å². The summed E-state index contributed by atoms with van der Waals surface area (Å²) in [7, 11) is 0. The maximum absolute atomic E-state index is 11.5. The van der Waals surface area contributed by atoms with Crippen LogP contribution < -0.4 is 40.6 Å². The Labute approximate surface area is 132 Å². The Morgan fingerprint density at radius 2 is 2.21 bits per heavy atom. The Balaban J connectivity index is 0.00000180. The van der Waals surface area contributed by atoms with E-state index in [1.54, 1.807) is 4.57 Å². The van der Waals surface area contributed by atoms with Crippen molar-refractivity contribution in [2.45, 2.75) is 19.3 Å². The van der Waals surface area contributed by atoms with Gasteiger partial charge in [-0.1, -0.05) is 0 Å². The van der Waals surface area contributed by atoms with E-state index in [1.165, 1.54) is 6.33 Å². The first-order valence-electron chi connectivity index (χ1n) is 5.69. The maximum atomic E-state index is 11.5. The molecule has 1 aliphatic rings. The topological polar surface area (TPSA) is 128 Å². The molecule has 100 valence electrons. The number of hydrogen-bond donors (Lipinski definition) is 4. The predicted octanol–water partition coefficient (Wildman–Crippen LogP) is -3.94. The molecule has 1 amide bonds. The van der Waals surface area contributed by atoms with E-state index in [0.29, 0.717) is 18.8 Å². The summed E-state index contributed by atoms with van der Waals surface area (Å²) in [5, 5.41) is 24.5. The van der Waals surface area contributed by atoms with Crippen molar-refractivity contribution in [1.82, 2.24) is 9.55 Å². The molecule has 0 aliphatic carbocycles. The van der Waals surface area contributed by atoms with Crippen LogP contribution in [0.4, 0.5) is 5.82 Å². The number of aryl methyl sites for hydroxylation is 1. The van der Waals surface area contributed by atoms with Crippen molar-refractivity contribution in [2.24, 2.45) is 11.7 Å². The van der Waals surface area contributed by atoms with Crippen LogP contribution in [0.15, 0.2) is 6.33 Å². The van der Waals surface area contributed by atoms with E-state index in [2.05, 4.69) is 15.6 Å². The summed E-state index contributed by atoms with van der Waals surface area (Å²) in [4.78, 5) is 15.5. The zero-order valence-corrected chi connectivity index (χ0v) is 12.8. The molecule has 8 nitrogen and oxygen atoms in total. The number of nitrogens with two attached hydrogens (primary N) is 1. The zero-order valence-electron chi connectivity index (χ0n) is 10.8. The molecule has 0 radical (unpaired) electrons. The van der Waals surface area contributed by atoms with Gasteiger partial charge in [0, 0.05) is 32.0 Å². The van der Waals surface area contributed by atoms with Gasteiger partial charge in [0.05, 0.1) is 6.33 Å². The third kappa shape index (κ3) is 3.68. The monoisotopic (exact) mass is 277 g/mol. The van der Waals surface area contributed by atoms with Crippen LogP contribution in [0.3, 0.4) is 0 Å². The molecular weight excluding hydrogens is 261 g/mol. The minimum absolute atomic E-state index is 0. The van der Waals surface area contributed by atoms with Gasteiger partial charge in [-0.2, -0.15) is 0 Å². The number of anilines is 1. The number of carbonyl (C=O) groups is 1. The van der Waals surface area contributed by atoms with Gasteiger partial charge in [-0.05, 0) is 6.42 Å². The number of rotatable bonds is 5. The van der Waals surface area contributed by atoms with Crippen LogP contribution in [0, 0.1) is 5.92 Å². The molecule has 0 spiro atoms. The SMILES string of the molecule is NC1[N-]C(=O)c2ncn(CCC(CO)CO)c2N1.[Na+]. The van der Waals surface area contributed by atoms with Crippen molar-refractivity contribution in [3.8, 4) is 0 Å². The Kier molecular flexibility index (Phi) is 6.24. The normalized spacial score (nSPS) is 17.5. The van der Waals surface area contributed by atoms with Crippen LogP contribution in [0.5, 0.6) is 0 Å². The van der Waals surface area contributed by atoms with Crippen LogP contribution in [0.1, 0.15) is 16.9 Å². The molecule has 1 aromatic heterocycles. The van der Waals surface area contributed by atoms with Crippen molar-refractivity contribution in [3.05, 3.63) is 17.3 Å². The Hall–Kier alpha value is -0.640. The zero-order chi connectivity index (χ0) is 13.1. The molecule has 0 saturated carbocycles. The molecule has 1 unspecified atom stereocenters. The van der Waals surface area contributed by atoms with Crippen molar-refractivity contribution in [2.75, 3.05) is 18.5 Å². The van der Waals surface area contributed by atoms with E-state index >= 15 is 0 Å². The summed E-state index contributed by atoms with van der Waals surface area (Å²) in [6.45, 7) is 0.379. The van der Waals surface area contributed by atoms with Crippen LogP contribution in [-0.2, 0) is 6.54 Å². The fourth-order valence-corrected chi connectivity index (χ4v) is 1.78. The summed E-state index contributed by atoms with van der Waals surface area (Å²) in [6, 6.07) is 0. The fraction of sp³-hybridized carbons (Fsp3) is 0.600. The van der Waals surface area contributed by atoms with Crippen molar-refractivity contribution < 1.29 is 44.6 Å². The van der Waals surface area contributed by atoms with Crippen LogP contribution >= 0.6 is 0 Å². The maximum Gasteiger partial charge on any atom is 1.00 e. The molecule has 0 fully saturated rings. The summed E-state index contributed by atoms with van der Waals surface area (Å²) in [5.74, 6) is -0.0753. The molecule has 9 heteroatoms. The number of aliphatic hydroxyl groups is 2. The average molecular weight is 277 g/mol. The molecule has 0 bridgehead atoms. The van der Waals surface area contributed by atoms with E-state index in [-0.39, 0.29) is 54.4 Å². The molecule has 2 heterocycles. The molecule has 2 rings (SSSR count). The van der Waals surface area contributed by atoms with Crippen molar-refractivity contribution in [3.63, 3.8) is 0 Å². The minimum Gasteiger partial charge on any atom is -0.617 e. The third-order valence-corrected chi connectivity index (χ3v) is 2.88. The van der Waals surface area contributed by atoms with E-state index in [0.717, 1.165) is 0 Å². The molecule has 0 aromatic carbocycles. The van der Waals surface area contributed by atoms with E-state index < -0.39 is 12.2 Å². The number of nitrogens with one attached hydrogen (secondary N) is 1. The molecule has 0 saturated heterocycles. The summed E-state index contributed by atoms with van der Waals surface area (Å²) >= 11 is 0. The van der Waals surface area contributed by atoms with Crippen molar-refractivity contribution in [1.29, 1.82) is 0 Å². The van der Waals surface area contributed by atoms with E-state index in [9.17, 15) is 4.79 Å². The van der Waals surface area contributed by atoms with Crippen LogP contribution in [0.25, 0.3) is 5.32 Å². The Bertz CT molecular complexity index is 435.